The maximum atomic E-state index is 12.4. The fourth-order valence-electron chi connectivity index (χ4n) is 1.47. The van der Waals surface area contributed by atoms with Crippen LogP contribution >= 0.6 is 0 Å². The van der Waals surface area contributed by atoms with E-state index in [4.69, 9.17) is 0 Å². The second-order valence-electron chi connectivity index (χ2n) is 3.69. The highest BCUT2D eigenvalue weighted by atomic mass is 19.4. The van der Waals surface area contributed by atoms with Crippen molar-refractivity contribution in [3.8, 4) is 5.82 Å². The molecule has 1 N–H and O–H groups in total. The number of nitrogens with zero attached hydrogens (tertiary/aromatic N) is 3. The minimum absolute atomic E-state index is 0.359. The normalized spacial score (nSPS) is 11.8. The molecule has 0 spiro atoms. The summed E-state index contributed by atoms with van der Waals surface area (Å²) in [5.74, 6) is 0.359. The lowest BCUT2D eigenvalue weighted by Crippen LogP contribution is -2.09. The molecule has 2 heterocycles. The van der Waals surface area contributed by atoms with Gasteiger partial charge < -0.3 is 5.32 Å². The third-order valence-corrected chi connectivity index (χ3v) is 2.29. The van der Waals surface area contributed by atoms with Crippen molar-refractivity contribution in [1.29, 1.82) is 0 Å². The third-order valence-electron chi connectivity index (χ3n) is 2.29. The van der Waals surface area contributed by atoms with Crippen molar-refractivity contribution >= 4 is 0 Å². The van der Waals surface area contributed by atoms with Gasteiger partial charge in [-0.3, -0.25) is 0 Å². The molecule has 2 rings (SSSR count). The number of hydrogen-bond donors (Lipinski definition) is 1. The fraction of sp³-hybridized carbons (Fsp3) is 0.273. The summed E-state index contributed by atoms with van der Waals surface area (Å²) in [6, 6.07) is 5.12. The molecule has 2 aromatic heterocycles. The van der Waals surface area contributed by atoms with Crippen LogP contribution in [0.25, 0.3) is 5.82 Å². The predicted molar refractivity (Wildman–Crippen MR) is 59.1 cm³/mol. The second kappa shape index (κ2) is 4.77. The first-order valence-corrected chi connectivity index (χ1v) is 5.23. The van der Waals surface area contributed by atoms with Gasteiger partial charge in [-0.25, -0.2) is 9.67 Å². The van der Waals surface area contributed by atoms with Crippen LogP contribution in [-0.2, 0) is 12.7 Å². The van der Waals surface area contributed by atoms with Gasteiger partial charge in [0.05, 0.1) is 17.5 Å². The summed E-state index contributed by atoms with van der Waals surface area (Å²) < 4.78 is 38.4. The first-order valence-electron chi connectivity index (χ1n) is 5.23. The Kier molecular flexibility index (Phi) is 3.33. The summed E-state index contributed by atoms with van der Waals surface area (Å²) in [6.07, 6.45) is -2.68. The maximum absolute atomic E-state index is 12.4. The van der Waals surface area contributed by atoms with E-state index >= 15 is 0 Å². The number of alkyl halides is 3. The highest BCUT2D eigenvalue weighted by molar-refractivity contribution is 5.25. The van der Waals surface area contributed by atoms with Crippen LogP contribution in [0, 0.1) is 0 Å². The number of nitrogens with one attached hydrogen (secondary N) is 1. The van der Waals surface area contributed by atoms with E-state index in [0.717, 1.165) is 22.8 Å². The molecule has 0 amide bonds. The van der Waals surface area contributed by atoms with E-state index in [0.29, 0.717) is 12.4 Å². The third kappa shape index (κ3) is 2.67. The summed E-state index contributed by atoms with van der Waals surface area (Å²) in [5.41, 5.74) is -0.0534. The summed E-state index contributed by atoms with van der Waals surface area (Å²) in [5, 5.41) is 6.59. The van der Waals surface area contributed by atoms with Crippen LogP contribution < -0.4 is 5.32 Å². The zero-order valence-electron chi connectivity index (χ0n) is 9.57. The van der Waals surface area contributed by atoms with Gasteiger partial charge in [0.15, 0.2) is 5.82 Å². The highest BCUT2D eigenvalue weighted by Crippen LogP contribution is 2.28. The van der Waals surface area contributed by atoms with Crippen LogP contribution in [0.15, 0.2) is 30.6 Å². The topological polar surface area (TPSA) is 42.7 Å². The summed E-state index contributed by atoms with van der Waals surface area (Å²) in [6.45, 7) is 0.543. The predicted octanol–water partition coefficient (Wildman–Crippen LogP) is 2.01. The molecule has 96 valence electrons. The van der Waals surface area contributed by atoms with Crippen LogP contribution in [0.1, 0.15) is 11.3 Å². The summed E-state index contributed by atoms with van der Waals surface area (Å²) >= 11 is 0. The van der Waals surface area contributed by atoms with Gasteiger partial charge in [0, 0.05) is 12.7 Å². The molecule has 0 unspecified atom stereocenters. The van der Waals surface area contributed by atoms with Gasteiger partial charge in [-0.05, 0) is 19.2 Å². The Labute approximate surface area is 101 Å². The molecular weight excluding hydrogens is 245 g/mol. The van der Waals surface area contributed by atoms with E-state index in [1.54, 1.807) is 25.2 Å². The van der Waals surface area contributed by atoms with Gasteiger partial charge in [0.1, 0.15) is 0 Å². The van der Waals surface area contributed by atoms with E-state index in [9.17, 15) is 13.2 Å². The average Bonchev–Trinajstić information content (AvgIpc) is 2.78. The molecule has 0 aliphatic carbocycles. The number of aromatic nitrogens is 3. The minimum Gasteiger partial charge on any atom is -0.314 e. The lowest BCUT2D eigenvalue weighted by molar-refractivity contribution is -0.137. The molecule has 0 atom stereocenters. The first-order chi connectivity index (χ1) is 8.50. The standard InChI is InChI=1S/C11H11F3N4/c1-15-6-9-3-2-4-10(17-9)18-7-8(5-16-18)11(12,13)14/h2-5,7,15H,6H2,1H3. The minimum atomic E-state index is -4.39. The Morgan fingerprint density at radius 1 is 1.33 bits per heavy atom. The van der Waals surface area contributed by atoms with Crippen LogP contribution in [-0.4, -0.2) is 21.8 Å². The Morgan fingerprint density at radius 3 is 2.72 bits per heavy atom. The van der Waals surface area contributed by atoms with Crippen molar-refractivity contribution in [3.05, 3.63) is 41.9 Å². The van der Waals surface area contributed by atoms with Crippen molar-refractivity contribution in [2.45, 2.75) is 12.7 Å². The summed E-state index contributed by atoms with van der Waals surface area (Å²) in [4.78, 5) is 4.20. The molecule has 2 aromatic rings. The van der Waals surface area contributed by atoms with Gasteiger partial charge in [-0.2, -0.15) is 18.3 Å². The molecule has 0 aliphatic rings. The highest BCUT2D eigenvalue weighted by Gasteiger charge is 2.32. The number of rotatable bonds is 3. The van der Waals surface area contributed by atoms with Crippen molar-refractivity contribution in [3.63, 3.8) is 0 Å². The second-order valence-corrected chi connectivity index (χ2v) is 3.69. The maximum Gasteiger partial charge on any atom is 0.419 e. The van der Waals surface area contributed by atoms with E-state index < -0.39 is 11.7 Å². The molecule has 0 saturated heterocycles. The van der Waals surface area contributed by atoms with Gasteiger partial charge in [-0.1, -0.05) is 6.07 Å². The molecule has 4 nitrogen and oxygen atoms in total. The first kappa shape index (κ1) is 12.6. The molecular formula is C11H11F3N4. The van der Waals surface area contributed by atoms with Crippen LogP contribution in [0.2, 0.25) is 0 Å². The van der Waals surface area contributed by atoms with E-state index in [2.05, 4.69) is 15.4 Å². The van der Waals surface area contributed by atoms with Gasteiger partial charge in [0.25, 0.3) is 0 Å². The number of halogens is 3. The fourth-order valence-corrected chi connectivity index (χ4v) is 1.47. The molecule has 18 heavy (non-hydrogen) atoms. The molecule has 0 aromatic carbocycles. The number of pyridine rings is 1. The van der Waals surface area contributed by atoms with E-state index in [1.807, 2.05) is 0 Å². The van der Waals surface area contributed by atoms with Crippen LogP contribution in [0.5, 0.6) is 0 Å². The monoisotopic (exact) mass is 256 g/mol. The van der Waals surface area contributed by atoms with Crippen molar-refractivity contribution < 1.29 is 13.2 Å². The van der Waals surface area contributed by atoms with Crippen LogP contribution in [0.3, 0.4) is 0 Å². The molecule has 0 bridgehead atoms. The smallest absolute Gasteiger partial charge is 0.314 e. The molecule has 0 radical (unpaired) electrons. The molecule has 0 saturated carbocycles. The average molecular weight is 256 g/mol. The lowest BCUT2D eigenvalue weighted by Gasteiger charge is -2.04. The molecule has 0 aliphatic heterocycles. The Hall–Kier alpha value is -1.89. The largest absolute Gasteiger partial charge is 0.419 e. The lowest BCUT2D eigenvalue weighted by atomic mass is 10.3. The Bertz CT molecular complexity index is 533. The van der Waals surface area contributed by atoms with Gasteiger partial charge in [-0.15, -0.1) is 0 Å². The van der Waals surface area contributed by atoms with Crippen molar-refractivity contribution in [2.24, 2.45) is 0 Å². The SMILES string of the molecule is CNCc1cccc(-n2cc(C(F)(F)F)cn2)n1. The quantitative estimate of drug-likeness (QED) is 0.913. The summed E-state index contributed by atoms with van der Waals surface area (Å²) in [7, 11) is 1.77. The molecule has 7 heteroatoms. The van der Waals surface area contributed by atoms with Gasteiger partial charge in [0.2, 0.25) is 0 Å². The van der Waals surface area contributed by atoms with Crippen LogP contribution in [0.4, 0.5) is 13.2 Å². The van der Waals surface area contributed by atoms with Crippen molar-refractivity contribution in [1.82, 2.24) is 20.1 Å². The molecule has 0 fully saturated rings. The zero-order chi connectivity index (χ0) is 13.2. The van der Waals surface area contributed by atoms with Crippen molar-refractivity contribution in [2.75, 3.05) is 7.05 Å². The van der Waals surface area contributed by atoms with E-state index in [1.165, 1.54) is 0 Å². The Balaban J connectivity index is 2.31. The Morgan fingerprint density at radius 2 is 2.11 bits per heavy atom. The van der Waals surface area contributed by atoms with Gasteiger partial charge >= 0.3 is 6.18 Å². The number of hydrogen-bond acceptors (Lipinski definition) is 3. The zero-order valence-corrected chi connectivity index (χ0v) is 9.57. The van der Waals surface area contributed by atoms with E-state index in [-0.39, 0.29) is 0 Å².